The fourth-order valence-electron chi connectivity index (χ4n) is 2.67. The smallest absolute Gasteiger partial charge is 0.235 e. The molecular weight excluding hydrogens is 254 g/mol. The highest BCUT2D eigenvalue weighted by Crippen LogP contribution is 2.30. The van der Waals surface area contributed by atoms with Crippen LogP contribution in [0.25, 0.3) is 0 Å². The summed E-state index contributed by atoms with van der Waals surface area (Å²) in [6.45, 7) is 7.68. The Labute approximate surface area is 120 Å². The molecule has 0 saturated carbocycles. The van der Waals surface area contributed by atoms with E-state index >= 15 is 0 Å². The van der Waals surface area contributed by atoms with Gasteiger partial charge in [-0.2, -0.15) is 0 Å². The number of benzene rings is 1. The lowest BCUT2D eigenvalue weighted by atomic mass is 10.1. The van der Waals surface area contributed by atoms with Crippen LogP contribution >= 0.6 is 11.8 Å². The van der Waals surface area contributed by atoms with Crippen LogP contribution in [-0.2, 0) is 17.6 Å². The van der Waals surface area contributed by atoms with Crippen molar-refractivity contribution in [3.63, 3.8) is 0 Å². The van der Waals surface area contributed by atoms with Gasteiger partial charge in [0.05, 0.1) is 5.25 Å². The molecule has 0 N–H and O–H groups in total. The van der Waals surface area contributed by atoms with Crippen LogP contribution in [0.5, 0.6) is 0 Å². The topological polar surface area (TPSA) is 20.3 Å². The van der Waals surface area contributed by atoms with Gasteiger partial charge in [-0.3, -0.25) is 4.79 Å². The molecule has 1 aromatic rings. The second-order valence-electron chi connectivity index (χ2n) is 5.05. The van der Waals surface area contributed by atoms with E-state index in [2.05, 4.69) is 18.2 Å². The summed E-state index contributed by atoms with van der Waals surface area (Å²) in [4.78, 5) is 15.4. The predicted octanol–water partition coefficient (Wildman–Crippen LogP) is 3.52. The molecule has 0 fully saturated rings. The molecule has 1 aliphatic rings. The highest BCUT2D eigenvalue weighted by molar-refractivity contribution is 8.00. The number of rotatable bonds is 5. The third-order valence-corrected chi connectivity index (χ3v) is 4.89. The molecule has 0 aliphatic heterocycles. The summed E-state index contributed by atoms with van der Waals surface area (Å²) in [7, 11) is 0. The van der Waals surface area contributed by atoms with E-state index in [1.165, 1.54) is 35.3 Å². The molecule has 1 unspecified atom stereocenters. The van der Waals surface area contributed by atoms with Gasteiger partial charge >= 0.3 is 0 Å². The molecule has 0 bridgehead atoms. The lowest BCUT2D eigenvalue weighted by molar-refractivity contribution is -0.129. The molecular formula is C16H23NOS. The van der Waals surface area contributed by atoms with Gasteiger partial charge in [0, 0.05) is 18.0 Å². The average molecular weight is 277 g/mol. The Hall–Kier alpha value is -0.960. The minimum Gasteiger partial charge on any atom is -0.342 e. The number of thioether (sulfide) groups is 1. The Morgan fingerprint density at radius 3 is 2.63 bits per heavy atom. The van der Waals surface area contributed by atoms with Gasteiger partial charge in [-0.1, -0.05) is 6.07 Å². The minimum absolute atomic E-state index is 0.000599. The highest BCUT2D eigenvalue weighted by atomic mass is 32.2. The SMILES string of the molecule is CCN(CC)C(=O)C(C)Sc1ccc2c(c1)CCC2. The van der Waals surface area contributed by atoms with Crippen molar-refractivity contribution in [1.82, 2.24) is 4.90 Å². The molecule has 1 aliphatic carbocycles. The molecule has 2 rings (SSSR count). The van der Waals surface area contributed by atoms with E-state index in [0.29, 0.717) is 0 Å². The first-order valence-corrected chi connectivity index (χ1v) is 8.11. The number of fused-ring (bicyclic) bond motifs is 1. The number of amides is 1. The number of aryl methyl sites for hydroxylation is 2. The Morgan fingerprint density at radius 1 is 1.26 bits per heavy atom. The highest BCUT2D eigenvalue weighted by Gasteiger charge is 2.20. The second kappa shape index (κ2) is 6.47. The molecule has 0 spiro atoms. The summed E-state index contributed by atoms with van der Waals surface area (Å²) < 4.78 is 0. The van der Waals surface area contributed by atoms with E-state index in [9.17, 15) is 4.79 Å². The fraction of sp³-hybridized carbons (Fsp3) is 0.562. The lowest BCUT2D eigenvalue weighted by Gasteiger charge is -2.22. The van der Waals surface area contributed by atoms with Gasteiger partial charge in [-0.05, 0) is 63.3 Å². The zero-order valence-electron chi connectivity index (χ0n) is 12.1. The van der Waals surface area contributed by atoms with Crippen LogP contribution in [0.2, 0.25) is 0 Å². The van der Waals surface area contributed by atoms with Crippen LogP contribution in [0.4, 0.5) is 0 Å². The van der Waals surface area contributed by atoms with Gasteiger partial charge in [0.2, 0.25) is 5.91 Å². The van der Waals surface area contributed by atoms with Crippen LogP contribution in [0, 0.1) is 0 Å². The summed E-state index contributed by atoms with van der Waals surface area (Å²) >= 11 is 1.69. The fourth-order valence-corrected chi connectivity index (χ4v) is 3.68. The van der Waals surface area contributed by atoms with Gasteiger partial charge < -0.3 is 4.90 Å². The molecule has 19 heavy (non-hydrogen) atoms. The van der Waals surface area contributed by atoms with Crippen LogP contribution in [0.1, 0.15) is 38.3 Å². The Balaban J connectivity index is 2.02. The predicted molar refractivity (Wildman–Crippen MR) is 81.7 cm³/mol. The number of carbonyl (C=O) groups excluding carboxylic acids is 1. The summed E-state index contributed by atoms with van der Waals surface area (Å²) in [6, 6.07) is 6.68. The lowest BCUT2D eigenvalue weighted by Crippen LogP contribution is -2.36. The third-order valence-electron chi connectivity index (χ3n) is 3.81. The maximum atomic E-state index is 12.2. The Morgan fingerprint density at radius 2 is 1.95 bits per heavy atom. The first-order valence-electron chi connectivity index (χ1n) is 7.23. The summed E-state index contributed by atoms with van der Waals surface area (Å²) in [6.07, 6.45) is 3.69. The average Bonchev–Trinajstić information content (AvgIpc) is 2.87. The molecule has 3 heteroatoms. The van der Waals surface area contributed by atoms with E-state index < -0.39 is 0 Å². The van der Waals surface area contributed by atoms with E-state index in [1.807, 2.05) is 25.7 Å². The van der Waals surface area contributed by atoms with Gasteiger partial charge in [-0.25, -0.2) is 0 Å². The van der Waals surface area contributed by atoms with Gasteiger partial charge in [-0.15, -0.1) is 11.8 Å². The summed E-state index contributed by atoms with van der Waals surface area (Å²) in [5.41, 5.74) is 2.97. The monoisotopic (exact) mass is 277 g/mol. The van der Waals surface area contributed by atoms with Crippen molar-refractivity contribution in [1.29, 1.82) is 0 Å². The minimum atomic E-state index is -0.000599. The van der Waals surface area contributed by atoms with E-state index in [1.54, 1.807) is 11.8 Å². The Bertz CT molecular complexity index is 454. The normalized spacial score (nSPS) is 15.1. The van der Waals surface area contributed by atoms with Crippen molar-refractivity contribution in [2.45, 2.75) is 50.2 Å². The van der Waals surface area contributed by atoms with Crippen molar-refractivity contribution in [3.05, 3.63) is 29.3 Å². The molecule has 0 radical (unpaired) electrons. The molecule has 1 amide bonds. The number of carbonyl (C=O) groups is 1. The van der Waals surface area contributed by atoms with Crippen molar-refractivity contribution in [2.75, 3.05) is 13.1 Å². The number of hydrogen-bond donors (Lipinski definition) is 0. The number of nitrogens with zero attached hydrogens (tertiary/aromatic N) is 1. The first kappa shape index (κ1) is 14.4. The number of hydrogen-bond acceptors (Lipinski definition) is 2. The summed E-state index contributed by atoms with van der Waals surface area (Å²) in [5, 5.41) is -0.000599. The molecule has 0 heterocycles. The van der Waals surface area contributed by atoms with E-state index in [-0.39, 0.29) is 11.2 Å². The van der Waals surface area contributed by atoms with Crippen LogP contribution in [0.15, 0.2) is 23.1 Å². The molecule has 0 aromatic heterocycles. The van der Waals surface area contributed by atoms with Crippen molar-refractivity contribution < 1.29 is 4.79 Å². The molecule has 104 valence electrons. The quantitative estimate of drug-likeness (QED) is 0.767. The van der Waals surface area contributed by atoms with Gasteiger partial charge in [0.25, 0.3) is 0 Å². The van der Waals surface area contributed by atoms with Crippen LogP contribution < -0.4 is 0 Å². The summed E-state index contributed by atoms with van der Waals surface area (Å²) in [5.74, 6) is 0.246. The molecule has 0 saturated heterocycles. The molecule has 2 nitrogen and oxygen atoms in total. The van der Waals surface area contributed by atoms with E-state index in [0.717, 1.165) is 13.1 Å². The van der Waals surface area contributed by atoms with Gasteiger partial charge in [0.15, 0.2) is 0 Å². The maximum absolute atomic E-state index is 12.2. The van der Waals surface area contributed by atoms with Crippen molar-refractivity contribution >= 4 is 17.7 Å². The molecule has 1 atom stereocenters. The van der Waals surface area contributed by atoms with Crippen molar-refractivity contribution in [3.8, 4) is 0 Å². The first-order chi connectivity index (χ1) is 9.15. The van der Waals surface area contributed by atoms with Crippen molar-refractivity contribution in [2.24, 2.45) is 0 Å². The third kappa shape index (κ3) is 3.33. The van der Waals surface area contributed by atoms with E-state index in [4.69, 9.17) is 0 Å². The molecule has 1 aromatic carbocycles. The zero-order valence-corrected chi connectivity index (χ0v) is 12.9. The Kier molecular flexibility index (Phi) is 4.92. The zero-order chi connectivity index (χ0) is 13.8. The van der Waals surface area contributed by atoms with Crippen LogP contribution in [0.3, 0.4) is 0 Å². The maximum Gasteiger partial charge on any atom is 0.235 e. The van der Waals surface area contributed by atoms with Gasteiger partial charge in [0.1, 0.15) is 0 Å². The standard InChI is InChI=1S/C16H23NOS/c1-4-17(5-2)16(18)12(3)19-15-10-9-13-7-6-8-14(13)11-15/h9-12H,4-8H2,1-3H3. The van der Waals surface area contributed by atoms with Crippen LogP contribution in [-0.4, -0.2) is 29.1 Å². The second-order valence-corrected chi connectivity index (χ2v) is 6.47. The largest absolute Gasteiger partial charge is 0.342 e.